The third-order valence-electron chi connectivity index (χ3n) is 4.69. The van der Waals surface area contributed by atoms with Gasteiger partial charge < -0.3 is 19.4 Å². The van der Waals surface area contributed by atoms with Gasteiger partial charge in [0, 0.05) is 11.5 Å². The third-order valence-corrected chi connectivity index (χ3v) is 4.69. The lowest BCUT2D eigenvalue weighted by molar-refractivity contribution is 0.174. The summed E-state index contributed by atoms with van der Waals surface area (Å²) in [5, 5.41) is 0.867. The summed E-state index contributed by atoms with van der Waals surface area (Å²) >= 11 is 0. The number of nitrogens with one attached hydrogen (secondary N) is 2. The van der Waals surface area contributed by atoms with Crippen LogP contribution in [0.1, 0.15) is 11.1 Å². The van der Waals surface area contributed by atoms with Crippen molar-refractivity contribution in [2.24, 2.45) is 0 Å². The number of aromatic amines is 2. The minimum Gasteiger partial charge on any atom is -0.454 e. The van der Waals surface area contributed by atoms with E-state index in [4.69, 9.17) is 9.47 Å². The molecule has 0 saturated heterocycles. The van der Waals surface area contributed by atoms with E-state index in [1.807, 2.05) is 18.2 Å². The smallest absolute Gasteiger partial charge is 0.259 e. The number of aryl methyl sites for hydroxylation is 2. The molecular formula is C19H15N3O3. The topological polar surface area (TPSA) is 80.0 Å². The Labute approximate surface area is 142 Å². The summed E-state index contributed by atoms with van der Waals surface area (Å²) < 4.78 is 10.8. The highest BCUT2D eigenvalue weighted by Gasteiger charge is 2.17. The van der Waals surface area contributed by atoms with E-state index in [-0.39, 0.29) is 12.4 Å². The molecule has 5 rings (SSSR count). The average molecular weight is 333 g/mol. The van der Waals surface area contributed by atoms with Gasteiger partial charge in [-0.2, -0.15) is 0 Å². The fraction of sp³-hybridized carbons (Fsp3) is 0.158. The predicted molar refractivity (Wildman–Crippen MR) is 95.3 cm³/mol. The fourth-order valence-electron chi connectivity index (χ4n) is 3.17. The van der Waals surface area contributed by atoms with Crippen molar-refractivity contribution in [2.45, 2.75) is 13.8 Å². The second kappa shape index (κ2) is 4.86. The molecule has 4 aromatic rings. The van der Waals surface area contributed by atoms with E-state index in [9.17, 15) is 4.79 Å². The maximum absolute atomic E-state index is 12.6. The third kappa shape index (κ3) is 2.11. The molecule has 1 aliphatic rings. The molecule has 2 N–H and O–H groups in total. The van der Waals surface area contributed by atoms with Crippen molar-refractivity contribution in [2.75, 3.05) is 6.79 Å². The Bertz CT molecular complexity index is 1180. The number of aromatic nitrogens is 3. The molecular weight excluding hydrogens is 318 g/mol. The summed E-state index contributed by atoms with van der Waals surface area (Å²) in [7, 11) is 0. The maximum atomic E-state index is 12.6. The Balaban J connectivity index is 1.73. The summed E-state index contributed by atoms with van der Waals surface area (Å²) in [6.07, 6.45) is 0. The normalized spacial score (nSPS) is 13.0. The van der Waals surface area contributed by atoms with Crippen LogP contribution in [0.5, 0.6) is 11.5 Å². The molecule has 1 aliphatic heterocycles. The van der Waals surface area contributed by atoms with Crippen LogP contribution in [0, 0.1) is 13.8 Å². The predicted octanol–water partition coefficient (Wildman–Crippen LogP) is 3.42. The van der Waals surface area contributed by atoms with Gasteiger partial charge in [0.05, 0.1) is 22.1 Å². The minimum absolute atomic E-state index is 0.195. The molecule has 2 aromatic heterocycles. The van der Waals surface area contributed by atoms with Crippen LogP contribution < -0.4 is 15.0 Å². The van der Waals surface area contributed by atoms with Gasteiger partial charge in [-0.15, -0.1) is 0 Å². The van der Waals surface area contributed by atoms with Crippen LogP contribution in [0.2, 0.25) is 0 Å². The van der Waals surface area contributed by atoms with Gasteiger partial charge in [-0.3, -0.25) is 4.79 Å². The van der Waals surface area contributed by atoms with Gasteiger partial charge in [0.1, 0.15) is 5.82 Å². The van der Waals surface area contributed by atoms with Crippen LogP contribution >= 0.6 is 0 Å². The van der Waals surface area contributed by atoms with Crippen LogP contribution in [0.25, 0.3) is 33.3 Å². The number of fused-ring (bicyclic) bond motifs is 3. The molecule has 0 saturated carbocycles. The van der Waals surface area contributed by atoms with Crippen LogP contribution in [0.3, 0.4) is 0 Å². The second-order valence-corrected chi connectivity index (χ2v) is 6.34. The van der Waals surface area contributed by atoms with E-state index >= 15 is 0 Å². The lowest BCUT2D eigenvalue weighted by Crippen LogP contribution is -2.09. The molecule has 2 aromatic carbocycles. The zero-order chi connectivity index (χ0) is 17.1. The summed E-state index contributed by atoms with van der Waals surface area (Å²) in [5.41, 5.74) is 5.14. The molecule has 25 heavy (non-hydrogen) atoms. The first kappa shape index (κ1) is 14.1. The summed E-state index contributed by atoms with van der Waals surface area (Å²) in [4.78, 5) is 23.3. The number of imidazole rings is 1. The van der Waals surface area contributed by atoms with Gasteiger partial charge in [-0.25, -0.2) is 4.98 Å². The largest absolute Gasteiger partial charge is 0.454 e. The molecule has 3 heterocycles. The van der Waals surface area contributed by atoms with Crippen molar-refractivity contribution >= 4 is 21.9 Å². The van der Waals surface area contributed by atoms with E-state index in [2.05, 4.69) is 34.9 Å². The lowest BCUT2D eigenvalue weighted by atomic mass is 10.1. The summed E-state index contributed by atoms with van der Waals surface area (Å²) in [6, 6.07) is 9.56. The minimum atomic E-state index is -0.195. The van der Waals surface area contributed by atoms with Gasteiger partial charge in [-0.05, 0) is 49.2 Å². The number of hydrogen-bond acceptors (Lipinski definition) is 4. The molecule has 0 aliphatic carbocycles. The van der Waals surface area contributed by atoms with Crippen LogP contribution in [-0.4, -0.2) is 21.7 Å². The van der Waals surface area contributed by atoms with Crippen molar-refractivity contribution in [3.05, 3.63) is 51.8 Å². The number of rotatable bonds is 1. The number of nitrogens with zero attached hydrogens (tertiary/aromatic N) is 1. The first-order valence-electron chi connectivity index (χ1n) is 8.02. The number of pyridine rings is 1. The van der Waals surface area contributed by atoms with Crippen LogP contribution in [0.4, 0.5) is 0 Å². The second-order valence-electron chi connectivity index (χ2n) is 6.34. The average Bonchev–Trinajstić information content (AvgIpc) is 3.18. The van der Waals surface area contributed by atoms with E-state index in [0.717, 1.165) is 16.4 Å². The van der Waals surface area contributed by atoms with Gasteiger partial charge >= 0.3 is 0 Å². The zero-order valence-electron chi connectivity index (χ0n) is 13.8. The number of ether oxygens (including phenoxy) is 2. The standard InChI is InChI=1S/C19H15N3O3/c1-9-3-14-15(4-10(9)2)21-18(20-14)12-5-11-6-16-17(25-8-24-16)7-13(11)22-19(12)23/h3-7H,8H2,1-2H3,(H,20,21)(H,22,23). The molecule has 124 valence electrons. The van der Waals surface area contributed by atoms with Crippen LogP contribution in [0.15, 0.2) is 35.1 Å². The Kier molecular flexibility index (Phi) is 2.74. The zero-order valence-corrected chi connectivity index (χ0v) is 13.8. The molecule has 0 radical (unpaired) electrons. The van der Waals surface area contributed by atoms with E-state index < -0.39 is 0 Å². The maximum Gasteiger partial charge on any atom is 0.259 e. The molecule has 0 spiro atoms. The lowest BCUT2D eigenvalue weighted by Gasteiger charge is -2.03. The fourth-order valence-corrected chi connectivity index (χ4v) is 3.17. The quantitative estimate of drug-likeness (QED) is 0.559. The monoisotopic (exact) mass is 333 g/mol. The first-order chi connectivity index (χ1) is 12.1. The van der Waals surface area contributed by atoms with Crippen molar-refractivity contribution in [1.82, 2.24) is 15.0 Å². The molecule has 0 bridgehead atoms. The van der Waals surface area contributed by atoms with E-state index in [1.54, 1.807) is 6.07 Å². The summed E-state index contributed by atoms with van der Waals surface area (Å²) in [6.45, 7) is 4.31. The van der Waals surface area contributed by atoms with Gasteiger partial charge in [-0.1, -0.05) is 0 Å². The molecule has 0 amide bonds. The number of hydrogen-bond donors (Lipinski definition) is 2. The van der Waals surface area contributed by atoms with Crippen LogP contribution in [-0.2, 0) is 0 Å². The van der Waals surface area contributed by atoms with Gasteiger partial charge in [0.15, 0.2) is 11.5 Å². The van der Waals surface area contributed by atoms with Gasteiger partial charge in [0.2, 0.25) is 6.79 Å². The highest BCUT2D eigenvalue weighted by atomic mass is 16.7. The highest BCUT2D eigenvalue weighted by molar-refractivity contribution is 5.87. The Morgan fingerprint density at radius 2 is 1.68 bits per heavy atom. The van der Waals surface area contributed by atoms with Gasteiger partial charge in [0.25, 0.3) is 5.56 Å². The Morgan fingerprint density at radius 1 is 0.920 bits per heavy atom. The molecule has 0 unspecified atom stereocenters. The SMILES string of the molecule is Cc1cc2nc(-c3cc4cc5c(cc4[nH]c3=O)OCO5)[nH]c2cc1C. The van der Waals surface area contributed by atoms with E-state index in [0.29, 0.717) is 28.4 Å². The Morgan fingerprint density at radius 3 is 2.52 bits per heavy atom. The molecule has 6 heteroatoms. The van der Waals surface area contributed by atoms with Crippen molar-refractivity contribution < 1.29 is 9.47 Å². The van der Waals surface area contributed by atoms with Crippen molar-refractivity contribution in [3.63, 3.8) is 0 Å². The number of benzene rings is 2. The highest BCUT2D eigenvalue weighted by Crippen LogP contribution is 2.35. The molecule has 6 nitrogen and oxygen atoms in total. The van der Waals surface area contributed by atoms with Crippen molar-refractivity contribution in [1.29, 1.82) is 0 Å². The molecule has 0 atom stereocenters. The Hall–Kier alpha value is -3.28. The summed E-state index contributed by atoms with van der Waals surface area (Å²) in [5.74, 6) is 1.88. The molecule has 0 fully saturated rings. The number of H-pyrrole nitrogens is 2. The first-order valence-corrected chi connectivity index (χ1v) is 8.02. The van der Waals surface area contributed by atoms with E-state index in [1.165, 1.54) is 11.1 Å². The van der Waals surface area contributed by atoms with Crippen molar-refractivity contribution in [3.8, 4) is 22.9 Å².